The molecule has 0 spiro atoms. The molecule has 2 aromatic rings. The van der Waals surface area contributed by atoms with Gasteiger partial charge in [-0.3, -0.25) is 10.1 Å². The minimum atomic E-state index is -0.427. The highest BCUT2D eigenvalue weighted by atomic mass is 16.6. The Morgan fingerprint density at radius 1 is 1.24 bits per heavy atom. The predicted molar refractivity (Wildman–Crippen MR) is 92.6 cm³/mol. The molecule has 7 nitrogen and oxygen atoms in total. The Hall–Kier alpha value is -3.14. The van der Waals surface area contributed by atoms with Crippen molar-refractivity contribution >= 4 is 11.5 Å². The number of hydrogen-bond acceptors (Lipinski definition) is 6. The van der Waals surface area contributed by atoms with Gasteiger partial charge in [0.15, 0.2) is 0 Å². The quantitative estimate of drug-likeness (QED) is 0.628. The highest BCUT2D eigenvalue weighted by Crippen LogP contribution is 2.25. The Kier molecular flexibility index (Phi) is 4.80. The fourth-order valence-corrected chi connectivity index (χ4v) is 2.90. The number of nitro groups is 1. The number of nitriles is 1. The smallest absolute Gasteiger partial charge is 0.269 e. The molecular formula is C18H18N4O3. The summed E-state index contributed by atoms with van der Waals surface area (Å²) in [5, 5.41) is 19.9. The second-order valence-electron chi connectivity index (χ2n) is 5.99. The van der Waals surface area contributed by atoms with E-state index < -0.39 is 4.92 Å². The first-order valence-corrected chi connectivity index (χ1v) is 8.10. The molecule has 0 aliphatic carbocycles. The van der Waals surface area contributed by atoms with Crippen LogP contribution in [0.5, 0.6) is 5.75 Å². The number of hydrogen-bond donors (Lipinski definition) is 0. The molecule has 0 unspecified atom stereocenters. The third kappa shape index (κ3) is 3.86. The van der Waals surface area contributed by atoms with Gasteiger partial charge in [0.25, 0.3) is 5.69 Å². The van der Waals surface area contributed by atoms with Crippen LogP contribution in [0.2, 0.25) is 0 Å². The number of aryl methyl sites for hydroxylation is 1. The summed E-state index contributed by atoms with van der Waals surface area (Å²) in [6.07, 6.45) is 1.66. The van der Waals surface area contributed by atoms with Crippen LogP contribution < -0.4 is 9.64 Å². The fraction of sp³-hybridized carbons (Fsp3) is 0.333. The van der Waals surface area contributed by atoms with E-state index in [4.69, 9.17) is 4.74 Å². The normalized spacial score (nSPS) is 14.8. The van der Waals surface area contributed by atoms with Crippen LogP contribution in [0.4, 0.5) is 11.5 Å². The van der Waals surface area contributed by atoms with Gasteiger partial charge in [-0.15, -0.1) is 0 Å². The van der Waals surface area contributed by atoms with Crippen molar-refractivity contribution in [1.29, 1.82) is 5.26 Å². The van der Waals surface area contributed by atoms with Crippen molar-refractivity contribution in [2.75, 3.05) is 18.0 Å². The third-order valence-corrected chi connectivity index (χ3v) is 4.23. The number of rotatable bonds is 4. The number of pyridine rings is 1. The van der Waals surface area contributed by atoms with E-state index in [1.807, 2.05) is 13.0 Å². The molecule has 25 heavy (non-hydrogen) atoms. The summed E-state index contributed by atoms with van der Waals surface area (Å²) in [7, 11) is 0. The molecule has 0 bridgehead atoms. The van der Waals surface area contributed by atoms with Crippen molar-refractivity contribution in [1.82, 2.24) is 4.98 Å². The molecule has 0 N–H and O–H groups in total. The van der Waals surface area contributed by atoms with Gasteiger partial charge in [0.2, 0.25) is 0 Å². The highest BCUT2D eigenvalue weighted by Gasteiger charge is 2.23. The Balaban J connectivity index is 1.61. The maximum atomic E-state index is 10.7. The summed E-state index contributed by atoms with van der Waals surface area (Å²) in [4.78, 5) is 16.9. The van der Waals surface area contributed by atoms with E-state index in [2.05, 4.69) is 16.0 Å². The van der Waals surface area contributed by atoms with Crippen molar-refractivity contribution < 1.29 is 9.66 Å². The maximum absolute atomic E-state index is 10.7. The van der Waals surface area contributed by atoms with E-state index >= 15 is 0 Å². The van der Waals surface area contributed by atoms with E-state index in [1.165, 1.54) is 12.1 Å². The summed E-state index contributed by atoms with van der Waals surface area (Å²) in [5.41, 5.74) is 1.52. The molecule has 1 saturated heterocycles. The standard InChI is InChI=1S/C18H18N4O3/c1-13-2-3-14(12-19)18(20-13)21-10-8-17(9-11-21)25-16-6-4-15(5-7-16)22(23)24/h2-7,17H,8-11H2,1H3. The molecule has 1 aromatic carbocycles. The maximum Gasteiger partial charge on any atom is 0.269 e. The molecule has 0 amide bonds. The molecule has 3 rings (SSSR count). The van der Waals surface area contributed by atoms with E-state index in [0.717, 1.165) is 37.4 Å². The molecule has 2 heterocycles. The summed E-state index contributed by atoms with van der Waals surface area (Å²) in [6.45, 7) is 3.42. The lowest BCUT2D eigenvalue weighted by Crippen LogP contribution is -2.39. The molecule has 0 saturated carbocycles. The van der Waals surface area contributed by atoms with Crippen LogP contribution in [-0.4, -0.2) is 29.1 Å². The number of piperidine rings is 1. The monoisotopic (exact) mass is 338 g/mol. The van der Waals surface area contributed by atoms with Crippen LogP contribution in [0.25, 0.3) is 0 Å². The summed E-state index contributed by atoms with van der Waals surface area (Å²) in [6, 6.07) is 12.0. The van der Waals surface area contributed by atoms with Gasteiger partial charge in [-0.2, -0.15) is 5.26 Å². The molecule has 1 aliphatic heterocycles. The average molecular weight is 338 g/mol. The topological polar surface area (TPSA) is 92.3 Å². The van der Waals surface area contributed by atoms with Gasteiger partial charge in [-0.05, 0) is 31.2 Å². The molecular weight excluding hydrogens is 320 g/mol. The van der Waals surface area contributed by atoms with Gasteiger partial charge < -0.3 is 9.64 Å². The molecule has 1 aromatic heterocycles. The van der Waals surface area contributed by atoms with E-state index in [1.54, 1.807) is 18.2 Å². The highest BCUT2D eigenvalue weighted by molar-refractivity contribution is 5.54. The molecule has 1 aliphatic rings. The number of nitrogens with zero attached hydrogens (tertiary/aromatic N) is 4. The molecule has 1 fully saturated rings. The summed E-state index contributed by atoms with van der Waals surface area (Å²) >= 11 is 0. The van der Waals surface area contributed by atoms with Gasteiger partial charge in [-0.25, -0.2) is 4.98 Å². The number of ether oxygens (including phenoxy) is 1. The predicted octanol–water partition coefficient (Wildman–Crippen LogP) is 3.22. The van der Waals surface area contributed by atoms with Crippen LogP contribution in [0, 0.1) is 28.4 Å². The van der Waals surface area contributed by atoms with Crippen molar-refractivity contribution in [3.05, 3.63) is 57.8 Å². The summed E-state index contributed by atoms with van der Waals surface area (Å²) < 4.78 is 5.92. The van der Waals surface area contributed by atoms with E-state index in [0.29, 0.717) is 11.3 Å². The van der Waals surface area contributed by atoms with Gasteiger partial charge in [0.05, 0.1) is 10.5 Å². The van der Waals surface area contributed by atoms with Gasteiger partial charge in [0.1, 0.15) is 23.7 Å². The van der Waals surface area contributed by atoms with Crippen molar-refractivity contribution in [3.8, 4) is 11.8 Å². The Bertz CT molecular complexity index is 806. The van der Waals surface area contributed by atoms with Gasteiger partial charge in [-0.1, -0.05) is 0 Å². The second-order valence-corrected chi connectivity index (χ2v) is 5.99. The zero-order valence-corrected chi connectivity index (χ0v) is 13.9. The third-order valence-electron chi connectivity index (χ3n) is 4.23. The Morgan fingerprint density at radius 2 is 1.92 bits per heavy atom. The first kappa shape index (κ1) is 16.7. The first-order valence-electron chi connectivity index (χ1n) is 8.10. The zero-order valence-electron chi connectivity index (χ0n) is 13.9. The zero-order chi connectivity index (χ0) is 17.8. The molecule has 7 heteroatoms. The Labute approximate surface area is 145 Å². The lowest BCUT2D eigenvalue weighted by molar-refractivity contribution is -0.384. The number of aromatic nitrogens is 1. The van der Waals surface area contributed by atoms with Crippen molar-refractivity contribution in [2.24, 2.45) is 0 Å². The number of anilines is 1. The average Bonchev–Trinajstić information content (AvgIpc) is 2.63. The van der Waals surface area contributed by atoms with Crippen LogP contribution >= 0.6 is 0 Å². The SMILES string of the molecule is Cc1ccc(C#N)c(N2CCC(Oc3ccc([N+](=O)[O-])cc3)CC2)n1. The molecule has 128 valence electrons. The summed E-state index contributed by atoms with van der Waals surface area (Å²) in [5.74, 6) is 1.37. The molecule has 0 atom stereocenters. The van der Waals surface area contributed by atoms with Crippen molar-refractivity contribution in [3.63, 3.8) is 0 Å². The Morgan fingerprint density at radius 3 is 2.52 bits per heavy atom. The second kappa shape index (κ2) is 7.18. The first-order chi connectivity index (χ1) is 12.1. The van der Waals surface area contributed by atoms with E-state index in [-0.39, 0.29) is 11.8 Å². The minimum Gasteiger partial charge on any atom is -0.490 e. The van der Waals surface area contributed by atoms with Crippen LogP contribution in [0.15, 0.2) is 36.4 Å². The lowest BCUT2D eigenvalue weighted by Gasteiger charge is -2.33. The van der Waals surface area contributed by atoms with Crippen molar-refractivity contribution in [2.45, 2.75) is 25.9 Å². The van der Waals surface area contributed by atoms with Gasteiger partial charge in [0, 0.05) is 43.8 Å². The number of nitro benzene ring substituents is 1. The fourth-order valence-electron chi connectivity index (χ4n) is 2.90. The lowest BCUT2D eigenvalue weighted by atomic mass is 10.1. The minimum absolute atomic E-state index is 0.0491. The number of benzene rings is 1. The van der Waals surface area contributed by atoms with Crippen LogP contribution in [-0.2, 0) is 0 Å². The van der Waals surface area contributed by atoms with E-state index in [9.17, 15) is 15.4 Å². The van der Waals surface area contributed by atoms with Crippen LogP contribution in [0.1, 0.15) is 24.1 Å². The van der Waals surface area contributed by atoms with Gasteiger partial charge >= 0.3 is 0 Å². The van der Waals surface area contributed by atoms with Crippen LogP contribution in [0.3, 0.4) is 0 Å². The number of non-ortho nitro benzene ring substituents is 1. The largest absolute Gasteiger partial charge is 0.490 e. The molecule has 0 radical (unpaired) electrons.